The maximum Gasteiger partial charge on any atom is 0.154 e. The Balaban J connectivity index is 1.72. The largest absolute Gasteiger partial charge is 0.487 e. The first-order chi connectivity index (χ1) is 16.0. The predicted octanol–water partition coefficient (Wildman–Crippen LogP) is 6.23. The van der Waals surface area contributed by atoms with Crippen LogP contribution in [0.25, 0.3) is 10.9 Å². The minimum Gasteiger partial charge on any atom is -0.487 e. The van der Waals surface area contributed by atoms with Crippen LogP contribution in [0.3, 0.4) is 0 Å². The van der Waals surface area contributed by atoms with Crippen LogP contribution in [0.15, 0.2) is 75.2 Å². The number of fused-ring (bicyclic) bond motifs is 1. The van der Waals surface area contributed by atoms with Crippen LogP contribution in [0.2, 0.25) is 5.02 Å². The Hall–Kier alpha value is -2.94. The second kappa shape index (κ2) is 10.3. The van der Waals surface area contributed by atoms with Gasteiger partial charge in [-0.15, -0.1) is 11.3 Å². The molecule has 0 unspecified atom stereocenters. The van der Waals surface area contributed by atoms with Crippen molar-refractivity contribution in [2.75, 3.05) is 14.1 Å². The Kier molecular flexibility index (Phi) is 7.27. The number of aromatic nitrogens is 3. The summed E-state index contributed by atoms with van der Waals surface area (Å²) in [5.41, 5.74) is 3.47. The summed E-state index contributed by atoms with van der Waals surface area (Å²) in [6, 6.07) is 7.92. The molecule has 0 bridgehead atoms. The lowest BCUT2D eigenvalue weighted by molar-refractivity contribution is 0.306. The molecule has 4 rings (SSSR count). The number of rotatable bonds is 7. The van der Waals surface area contributed by atoms with Gasteiger partial charge in [0.25, 0.3) is 0 Å². The van der Waals surface area contributed by atoms with Gasteiger partial charge in [-0.3, -0.25) is 4.98 Å². The number of ether oxygens (including phenoxy) is 1. The van der Waals surface area contributed by atoms with Crippen molar-refractivity contribution in [2.24, 2.45) is 4.99 Å². The highest BCUT2D eigenvalue weighted by atomic mass is 35.5. The van der Waals surface area contributed by atoms with Gasteiger partial charge in [0.05, 0.1) is 5.02 Å². The topological polar surface area (TPSA) is 63.5 Å². The van der Waals surface area contributed by atoms with Gasteiger partial charge < -0.3 is 9.64 Å². The normalized spacial score (nSPS) is 11.6. The van der Waals surface area contributed by atoms with E-state index in [1.165, 1.54) is 11.8 Å². The van der Waals surface area contributed by atoms with Crippen LogP contribution < -0.4 is 4.74 Å². The lowest BCUT2D eigenvalue weighted by Crippen LogP contribution is -2.23. The van der Waals surface area contributed by atoms with Gasteiger partial charge in [-0.1, -0.05) is 42.1 Å². The van der Waals surface area contributed by atoms with Crippen LogP contribution in [0.1, 0.15) is 16.8 Å². The van der Waals surface area contributed by atoms with Gasteiger partial charge in [0.15, 0.2) is 4.34 Å². The highest BCUT2D eigenvalue weighted by Gasteiger charge is 2.16. The third-order valence-electron chi connectivity index (χ3n) is 4.75. The number of thiazole rings is 1. The molecular formula is C24H22ClN5OS2. The molecule has 0 atom stereocenters. The van der Waals surface area contributed by atoms with Crippen LogP contribution in [0.4, 0.5) is 0 Å². The van der Waals surface area contributed by atoms with E-state index in [2.05, 4.69) is 21.5 Å². The van der Waals surface area contributed by atoms with Gasteiger partial charge in [0.2, 0.25) is 0 Å². The summed E-state index contributed by atoms with van der Waals surface area (Å²) in [6.07, 6.45) is 6.74. The van der Waals surface area contributed by atoms with Gasteiger partial charge >= 0.3 is 0 Å². The lowest BCUT2D eigenvalue weighted by atomic mass is 10.1. The number of aliphatic imine (C=N–C) groups is 1. The maximum absolute atomic E-state index is 6.50. The van der Waals surface area contributed by atoms with E-state index < -0.39 is 0 Å². The van der Waals surface area contributed by atoms with Crippen molar-refractivity contribution in [3.05, 3.63) is 82.9 Å². The molecule has 0 aliphatic heterocycles. The predicted molar refractivity (Wildman–Crippen MR) is 137 cm³/mol. The Morgan fingerprint density at radius 1 is 1.33 bits per heavy atom. The summed E-state index contributed by atoms with van der Waals surface area (Å²) in [4.78, 5) is 20.7. The van der Waals surface area contributed by atoms with Gasteiger partial charge in [-0.2, -0.15) is 0 Å². The summed E-state index contributed by atoms with van der Waals surface area (Å²) in [7, 11) is 3.91. The Labute approximate surface area is 206 Å². The van der Waals surface area contributed by atoms with E-state index in [0.717, 1.165) is 42.8 Å². The average molecular weight is 496 g/mol. The van der Waals surface area contributed by atoms with Crippen molar-refractivity contribution in [1.82, 2.24) is 19.9 Å². The molecule has 0 fully saturated rings. The first-order valence-electron chi connectivity index (χ1n) is 10.1. The highest BCUT2D eigenvalue weighted by molar-refractivity contribution is 8.01. The molecule has 0 aliphatic carbocycles. The molecule has 4 aromatic rings. The number of hydrogen-bond acceptors (Lipinski definition) is 7. The van der Waals surface area contributed by atoms with Crippen LogP contribution in [-0.4, -0.2) is 39.8 Å². The van der Waals surface area contributed by atoms with E-state index >= 15 is 0 Å². The minimum absolute atomic E-state index is 0.278. The highest BCUT2D eigenvalue weighted by Crippen LogP contribution is 2.35. The number of pyridine rings is 2. The van der Waals surface area contributed by atoms with E-state index in [9.17, 15) is 0 Å². The third kappa shape index (κ3) is 5.19. The zero-order valence-corrected chi connectivity index (χ0v) is 20.8. The van der Waals surface area contributed by atoms with Gasteiger partial charge in [0, 0.05) is 71.4 Å². The molecule has 3 heterocycles. The fourth-order valence-corrected chi connectivity index (χ4v) is 5.31. The zero-order chi connectivity index (χ0) is 23.4. The Bertz CT molecular complexity index is 1320. The molecule has 33 heavy (non-hydrogen) atoms. The molecule has 0 saturated carbocycles. The molecule has 9 heteroatoms. The first kappa shape index (κ1) is 23.2. The fraction of sp³-hybridized carbons (Fsp3) is 0.167. The Morgan fingerprint density at radius 3 is 2.91 bits per heavy atom. The number of aryl methyl sites for hydroxylation is 1. The smallest absolute Gasteiger partial charge is 0.154 e. The second-order valence-electron chi connectivity index (χ2n) is 7.28. The molecule has 0 radical (unpaired) electrons. The van der Waals surface area contributed by atoms with Crippen LogP contribution in [0, 0.1) is 6.92 Å². The summed E-state index contributed by atoms with van der Waals surface area (Å²) < 4.78 is 7.20. The Morgan fingerprint density at radius 2 is 2.18 bits per heavy atom. The number of benzene rings is 1. The SMILES string of the molecule is C=C/N=C(/c1cc(C)nc2c(OCc3c(Cl)cncc3Sc3nccs3)cccc12)N(C)C. The van der Waals surface area contributed by atoms with Gasteiger partial charge in [0.1, 0.15) is 23.7 Å². The van der Waals surface area contributed by atoms with E-state index in [4.69, 9.17) is 21.3 Å². The minimum atomic E-state index is 0.278. The van der Waals surface area contributed by atoms with Crippen molar-refractivity contribution in [2.45, 2.75) is 22.8 Å². The number of halogens is 1. The third-order valence-corrected chi connectivity index (χ3v) is 7.03. The van der Waals surface area contributed by atoms with E-state index in [1.807, 2.05) is 55.6 Å². The summed E-state index contributed by atoms with van der Waals surface area (Å²) in [6.45, 7) is 6.00. The average Bonchev–Trinajstić information content (AvgIpc) is 3.29. The first-order valence-corrected chi connectivity index (χ1v) is 12.1. The van der Waals surface area contributed by atoms with Gasteiger partial charge in [-0.05, 0) is 19.1 Å². The van der Waals surface area contributed by atoms with Crippen LogP contribution in [0.5, 0.6) is 5.75 Å². The quantitative estimate of drug-likeness (QED) is 0.224. The number of amidine groups is 1. The maximum atomic E-state index is 6.50. The molecule has 3 aromatic heterocycles. The van der Waals surface area contributed by atoms with Gasteiger partial charge in [-0.25, -0.2) is 15.0 Å². The molecule has 0 saturated heterocycles. The monoisotopic (exact) mass is 495 g/mol. The van der Waals surface area contributed by atoms with E-state index in [-0.39, 0.29) is 6.61 Å². The summed E-state index contributed by atoms with van der Waals surface area (Å²) in [5.74, 6) is 1.48. The molecular weight excluding hydrogens is 474 g/mol. The van der Waals surface area contributed by atoms with Crippen molar-refractivity contribution < 1.29 is 4.74 Å². The van der Waals surface area contributed by atoms with Crippen molar-refractivity contribution in [3.8, 4) is 5.75 Å². The molecule has 6 nitrogen and oxygen atoms in total. The molecule has 0 spiro atoms. The molecule has 168 valence electrons. The summed E-state index contributed by atoms with van der Waals surface area (Å²) >= 11 is 9.59. The molecule has 0 N–H and O–H groups in total. The number of nitrogens with zero attached hydrogens (tertiary/aromatic N) is 5. The fourth-order valence-electron chi connectivity index (χ4n) is 3.34. The number of hydrogen-bond donors (Lipinski definition) is 0. The van der Waals surface area contributed by atoms with Crippen LogP contribution in [-0.2, 0) is 6.61 Å². The molecule has 1 aromatic carbocycles. The second-order valence-corrected chi connectivity index (χ2v) is 9.87. The standard InChI is InChI=1S/C24H22ClN5OS2/c1-5-27-23(30(3)4)17-11-15(2)29-22-16(17)7-6-8-20(22)31-14-18-19(25)12-26-13-21(18)33-24-28-9-10-32-24/h5-13H,1,14H2,2-4H3/b27-23-. The molecule has 0 amide bonds. The summed E-state index contributed by atoms with van der Waals surface area (Å²) in [5, 5.41) is 3.44. The van der Waals surface area contributed by atoms with Crippen molar-refractivity contribution in [1.29, 1.82) is 0 Å². The van der Waals surface area contributed by atoms with Crippen molar-refractivity contribution >= 4 is 51.4 Å². The van der Waals surface area contributed by atoms with Crippen LogP contribution >= 0.6 is 34.7 Å². The zero-order valence-electron chi connectivity index (χ0n) is 18.4. The van der Waals surface area contributed by atoms with E-state index in [1.54, 1.807) is 36.1 Å². The van der Waals surface area contributed by atoms with E-state index in [0.29, 0.717) is 10.8 Å². The number of para-hydroxylation sites is 1. The lowest BCUT2D eigenvalue weighted by Gasteiger charge is -2.19. The molecule has 0 aliphatic rings. The van der Waals surface area contributed by atoms with Crippen molar-refractivity contribution in [3.63, 3.8) is 0 Å².